The molecule has 0 fully saturated rings. The number of ether oxygens (including phenoxy) is 2. The van der Waals surface area contributed by atoms with E-state index in [9.17, 15) is 0 Å². The number of rotatable bonds is 2. The van der Waals surface area contributed by atoms with Gasteiger partial charge in [-0.3, -0.25) is 0 Å². The van der Waals surface area contributed by atoms with Gasteiger partial charge in [0.25, 0.3) is 0 Å². The van der Waals surface area contributed by atoms with E-state index in [2.05, 4.69) is 22.5 Å². The molecule has 2 aromatic carbocycles. The van der Waals surface area contributed by atoms with Gasteiger partial charge < -0.3 is 31.6 Å². The molecule has 4 rings (SSSR count). The first-order valence-corrected chi connectivity index (χ1v) is 9.54. The summed E-state index contributed by atoms with van der Waals surface area (Å²) in [5.74, 6) is 8.14. The molecular weight excluding hydrogens is 352 g/mol. The van der Waals surface area contributed by atoms with E-state index >= 15 is 0 Å². The molecule has 6 heteroatoms. The summed E-state index contributed by atoms with van der Waals surface area (Å²) in [6.45, 7) is 5.18. The van der Waals surface area contributed by atoms with E-state index in [0.717, 1.165) is 34.0 Å². The summed E-state index contributed by atoms with van der Waals surface area (Å²) in [5.41, 5.74) is 17.6. The summed E-state index contributed by atoms with van der Waals surface area (Å²) in [6.07, 6.45) is 1.39. The highest BCUT2D eigenvalue weighted by Gasteiger charge is 2.22. The van der Waals surface area contributed by atoms with Gasteiger partial charge >= 0.3 is 0 Å². The van der Waals surface area contributed by atoms with Crippen LogP contribution in [0.3, 0.4) is 0 Å². The van der Waals surface area contributed by atoms with Crippen molar-refractivity contribution in [2.45, 2.75) is 38.8 Å². The van der Waals surface area contributed by atoms with Crippen LogP contribution in [0.15, 0.2) is 24.3 Å². The average molecular weight is 378 g/mol. The van der Waals surface area contributed by atoms with Crippen LogP contribution in [0.1, 0.15) is 24.0 Å². The van der Waals surface area contributed by atoms with Crippen molar-refractivity contribution in [3.8, 4) is 23.3 Å². The Kier molecular flexibility index (Phi) is 4.82. The normalized spacial score (nSPS) is 19.5. The maximum atomic E-state index is 6.11. The molecule has 0 aliphatic carbocycles. The van der Waals surface area contributed by atoms with E-state index in [-0.39, 0.29) is 12.1 Å². The molecule has 0 saturated heterocycles. The quantitative estimate of drug-likeness (QED) is 0.473. The fourth-order valence-electron chi connectivity index (χ4n) is 3.58. The lowest BCUT2D eigenvalue weighted by Gasteiger charge is -2.28. The van der Waals surface area contributed by atoms with Crippen molar-refractivity contribution in [3.63, 3.8) is 0 Å². The second-order valence-corrected chi connectivity index (χ2v) is 7.52. The summed E-state index contributed by atoms with van der Waals surface area (Å²) < 4.78 is 11.7. The number of benzene rings is 2. The van der Waals surface area contributed by atoms with Gasteiger partial charge in [0.15, 0.2) is 0 Å². The first-order chi connectivity index (χ1) is 13.5. The average Bonchev–Trinajstić information content (AvgIpc) is 2.65. The van der Waals surface area contributed by atoms with Gasteiger partial charge in [0.2, 0.25) is 0 Å². The lowest BCUT2D eigenvalue weighted by Crippen LogP contribution is -2.32. The van der Waals surface area contributed by atoms with Crippen molar-refractivity contribution < 1.29 is 9.47 Å². The second-order valence-electron chi connectivity index (χ2n) is 7.52. The predicted octanol–water partition coefficient (Wildman–Crippen LogP) is 3.30. The predicted molar refractivity (Wildman–Crippen MR) is 114 cm³/mol. The zero-order valence-corrected chi connectivity index (χ0v) is 16.3. The summed E-state index contributed by atoms with van der Waals surface area (Å²) >= 11 is 0. The van der Waals surface area contributed by atoms with Crippen LogP contribution >= 0.6 is 0 Å². The van der Waals surface area contributed by atoms with E-state index in [1.807, 2.05) is 38.1 Å². The topological polar surface area (TPSA) is 94.6 Å². The van der Waals surface area contributed by atoms with Gasteiger partial charge in [-0.25, -0.2) is 0 Å². The maximum Gasteiger partial charge on any atom is 0.144 e. The zero-order valence-electron chi connectivity index (χ0n) is 16.3. The Morgan fingerprint density at radius 2 is 1.25 bits per heavy atom. The molecule has 0 bridgehead atoms. The van der Waals surface area contributed by atoms with Gasteiger partial charge in [0.05, 0.1) is 23.5 Å². The van der Waals surface area contributed by atoms with Crippen LogP contribution in [0, 0.1) is 25.7 Å². The van der Waals surface area contributed by atoms with Crippen molar-refractivity contribution in [1.82, 2.24) is 0 Å². The minimum atomic E-state index is 0.125. The Morgan fingerprint density at radius 1 is 0.821 bits per heavy atom. The third-order valence-corrected chi connectivity index (χ3v) is 4.95. The standard InChI is InChI=1S/C22H26N4O2/c1-13-7-17(23)21-19(9-13)27-11-15(25-21)5-3-4-6-16-12-28-20-10-14(2)8-18(24)22(20)26-16/h7-10,15-16,25-26H,5-6,11-12,23-24H2,1-2H3/t15-,16?/m0/s1. The first-order valence-electron chi connectivity index (χ1n) is 9.54. The highest BCUT2D eigenvalue weighted by molar-refractivity contribution is 5.76. The van der Waals surface area contributed by atoms with E-state index in [0.29, 0.717) is 37.4 Å². The molecule has 146 valence electrons. The minimum absolute atomic E-state index is 0.125. The first kappa shape index (κ1) is 18.2. The largest absolute Gasteiger partial charge is 0.489 e. The molecule has 6 nitrogen and oxygen atoms in total. The molecule has 0 saturated carbocycles. The Labute approximate surface area is 165 Å². The van der Waals surface area contributed by atoms with Crippen molar-refractivity contribution in [1.29, 1.82) is 0 Å². The number of aryl methyl sites for hydroxylation is 2. The molecule has 0 amide bonds. The van der Waals surface area contributed by atoms with Gasteiger partial charge in [0, 0.05) is 12.8 Å². The molecule has 2 aliphatic heterocycles. The van der Waals surface area contributed by atoms with Gasteiger partial charge in [-0.2, -0.15) is 0 Å². The van der Waals surface area contributed by atoms with E-state index in [1.54, 1.807) is 0 Å². The van der Waals surface area contributed by atoms with Crippen LogP contribution in [0.25, 0.3) is 0 Å². The number of fused-ring (bicyclic) bond motifs is 2. The van der Waals surface area contributed by atoms with Crippen molar-refractivity contribution in [3.05, 3.63) is 35.4 Å². The van der Waals surface area contributed by atoms with Crippen molar-refractivity contribution >= 4 is 22.7 Å². The van der Waals surface area contributed by atoms with Crippen LogP contribution in [0.2, 0.25) is 0 Å². The SMILES string of the molecule is Cc1cc(N)c2c(c1)OCC(CC#CC[C@H]1COc3cc(C)cc(N)c3N1)N2. The Hall–Kier alpha value is -3.20. The van der Waals surface area contributed by atoms with Gasteiger partial charge in [-0.15, -0.1) is 11.8 Å². The number of nitrogens with two attached hydrogens (primary N) is 2. The lowest BCUT2D eigenvalue weighted by molar-refractivity contribution is 0.285. The molecule has 6 N–H and O–H groups in total. The Balaban J connectivity index is 1.33. The van der Waals surface area contributed by atoms with Crippen LogP contribution in [0.4, 0.5) is 22.7 Å². The van der Waals surface area contributed by atoms with Gasteiger partial charge in [-0.1, -0.05) is 0 Å². The van der Waals surface area contributed by atoms with Crippen LogP contribution < -0.4 is 31.6 Å². The Morgan fingerprint density at radius 3 is 1.68 bits per heavy atom. The van der Waals surface area contributed by atoms with Gasteiger partial charge in [0.1, 0.15) is 36.1 Å². The maximum absolute atomic E-state index is 6.11. The highest BCUT2D eigenvalue weighted by Crippen LogP contribution is 2.37. The molecule has 2 aliphatic rings. The summed E-state index contributed by atoms with van der Waals surface area (Å²) in [5, 5.41) is 6.89. The number of nitrogen functional groups attached to an aromatic ring is 2. The zero-order chi connectivity index (χ0) is 19.7. The molecule has 0 aromatic heterocycles. The highest BCUT2D eigenvalue weighted by atomic mass is 16.5. The third kappa shape index (κ3) is 3.74. The molecule has 0 spiro atoms. The van der Waals surface area contributed by atoms with Crippen molar-refractivity contribution in [2.24, 2.45) is 0 Å². The monoisotopic (exact) mass is 378 g/mol. The number of hydrogen-bond donors (Lipinski definition) is 4. The Bertz CT molecular complexity index is 886. The lowest BCUT2D eigenvalue weighted by atomic mass is 10.1. The molecule has 2 atom stereocenters. The third-order valence-electron chi connectivity index (χ3n) is 4.95. The molecule has 1 unspecified atom stereocenters. The van der Waals surface area contributed by atoms with Crippen molar-refractivity contribution in [2.75, 3.05) is 35.3 Å². The molecule has 2 heterocycles. The summed E-state index contributed by atoms with van der Waals surface area (Å²) in [7, 11) is 0. The molecule has 28 heavy (non-hydrogen) atoms. The van der Waals surface area contributed by atoms with Gasteiger partial charge in [-0.05, 0) is 49.2 Å². The van der Waals surface area contributed by atoms with Crippen LogP contribution in [-0.4, -0.2) is 25.3 Å². The number of hydrogen-bond acceptors (Lipinski definition) is 6. The fraction of sp³-hybridized carbons (Fsp3) is 0.364. The van der Waals surface area contributed by atoms with E-state index < -0.39 is 0 Å². The second kappa shape index (κ2) is 7.43. The van der Waals surface area contributed by atoms with E-state index in [1.165, 1.54) is 0 Å². The summed E-state index contributed by atoms with van der Waals surface area (Å²) in [6, 6.07) is 8.15. The minimum Gasteiger partial charge on any atom is -0.489 e. The smallest absolute Gasteiger partial charge is 0.144 e. The van der Waals surface area contributed by atoms with Crippen LogP contribution in [0.5, 0.6) is 11.5 Å². The van der Waals surface area contributed by atoms with Crippen LogP contribution in [-0.2, 0) is 0 Å². The fourth-order valence-corrected chi connectivity index (χ4v) is 3.58. The molecular formula is C22H26N4O2. The van der Waals surface area contributed by atoms with E-state index in [4.69, 9.17) is 20.9 Å². The molecule has 2 aromatic rings. The number of anilines is 4. The molecule has 0 radical (unpaired) electrons. The summed E-state index contributed by atoms with van der Waals surface area (Å²) in [4.78, 5) is 0. The number of nitrogens with one attached hydrogen (secondary N) is 2.